The molecule has 6 nitrogen and oxygen atoms in total. The molecule has 0 aliphatic heterocycles. The number of hydrogen-bond acceptors (Lipinski definition) is 4. The average Bonchev–Trinajstić information content (AvgIpc) is 2.78. The number of carbonyl (C=O) groups excluding carboxylic acids is 1. The molecule has 0 aliphatic carbocycles. The van der Waals surface area contributed by atoms with Gasteiger partial charge in [-0.25, -0.2) is 9.78 Å². The Morgan fingerprint density at radius 3 is 2.74 bits per heavy atom. The summed E-state index contributed by atoms with van der Waals surface area (Å²) in [6.07, 6.45) is 0. The number of aromatic nitrogens is 1. The van der Waals surface area contributed by atoms with Gasteiger partial charge in [0.15, 0.2) is 11.3 Å². The number of hydrogen-bond donors (Lipinski definition) is 1. The smallest absolute Gasteiger partial charge is 0.326 e. The van der Waals surface area contributed by atoms with Crippen LogP contribution in [0.15, 0.2) is 22.6 Å². The van der Waals surface area contributed by atoms with Gasteiger partial charge in [-0.3, -0.25) is 4.79 Å². The van der Waals surface area contributed by atoms with Gasteiger partial charge >= 0.3 is 5.97 Å². The highest BCUT2D eigenvalue weighted by atomic mass is 16.4. The van der Waals surface area contributed by atoms with Crippen molar-refractivity contribution in [2.45, 2.75) is 19.9 Å². The summed E-state index contributed by atoms with van der Waals surface area (Å²) in [5.41, 5.74) is 1.91. The van der Waals surface area contributed by atoms with E-state index in [1.807, 2.05) is 6.92 Å². The molecule has 0 bridgehead atoms. The Labute approximate surface area is 109 Å². The number of aliphatic carboxylic acids is 1. The minimum atomic E-state index is -1.07. The third-order valence-corrected chi connectivity index (χ3v) is 2.98. The number of carbonyl (C=O) groups is 2. The van der Waals surface area contributed by atoms with Crippen molar-refractivity contribution in [3.8, 4) is 0 Å². The molecule has 1 atom stereocenters. The van der Waals surface area contributed by atoms with Crippen molar-refractivity contribution in [2.24, 2.45) is 0 Å². The Hall–Kier alpha value is -2.37. The highest BCUT2D eigenvalue weighted by Crippen LogP contribution is 2.19. The van der Waals surface area contributed by atoms with Crippen molar-refractivity contribution in [1.29, 1.82) is 0 Å². The lowest BCUT2D eigenvalue weighted by molar-refractivity contribution is -0.141. The van der Waals surface area contributed by atoms with Gasteiger partial charge < -0.3 is 14.4 Å². The lowest BCUT2D eigenvalue weighted by Gasteiger charge is -2.19. The van der Waals surface area contributed by atoms with Gasteiger partial charge in [-0.15, -0.1) is 0 Å². The van der Waals surface area contributed by atoms with Gasteiger partial charge in [-0.2, -0.15) is 0 Å². The van der Waals surface area contributed by atoms with Crippen LogP contribution in [0, 0.1) is 6.92 Å². The molecule has 6 heteroatoms. The molecule has 1 N–H and O–H groups in total. The molecule has 0 saturated carbocycles. The van der Waals surface area contributed by atoms with E-state index in [2.05, 4.69) is 4.98 Å². The first-order chi connectivity index (χ1) is 8.90. The van der Waals surface area contributed by atoms with E-state index in [4.69, 9.17) is 9.52 Å². The van der Waals surface area contributed by atoms with Crippen molar-refractivity contribution in [3.63, 3.8) is 0 Å². The minimum absolute atomic E-state index is 0.0868. The predicted molar refractivity (Wildman–Crippen MR) is 67.9 cm³/mol. The van der Waals surface area contributed by atoms with Crippen LogP contribution in [-0.4, -0.2) is 40.0 Å². The summed E-state index contributed by atoms with van der Waals surface area (Å²) in [6, 6.07) is 4.12. The molecule has 0 saturated heterocycles. The maximum absolute atomic E-state index is 12.1. The van der Waals surface area contributed by atoms with E-state index in [0.29, 0.717) is 11.1 Å². The molecule has 2 rings (SSSR count). The third kappa shape index (κ3) is 2.42. The van der Waals surface area contributed by atoms with E-state index >= 15 is 0 Å². The van der Waals surface area contributed by atoms with E-state index in [1.54, 1.807) is 12.1 Å². The van der Waals surface area contributed by atoms with Crippen LogP contribution >= 0.6 is 0 Å². The minimum Gasteiger partial charge on any atom is -0.480 e. The summed E-state index contributed by atoms with van der Waals surface area (Å²) in [4.78, 5) is 28.3. The molecule has 2 heterocycles. The van der Waals surface area contributed by atoms with Crippen molar-refractivity contribution >= 4 is 23.0 Å². The zero-order chi connectivity index (χ0) is 14.2. The third-order valence-electron chi connectivity index (χ3n) is 2.98. The highest BCUT2D eigenvalue weighted by molar-refractivity contribution is 5.97. The van der Waals surface area contributed by atoms with Crippen LogP contribution in [0.3, 0.4) is 0 Å². The summed E-state index contributed by atoms with van der Waals surface area (Å²) >= 11 is 0. The van der Waals surface area contributed by atoms with Crippen LogP contribution in [0.5, 0.6) is 0 Å². The van der Waals surface area contributed by atoms with Gasteiger partial charge in [0.05, 0.1) is 0 Å². The molecule has 0 spiro atoms. The molecular weight excluding hydrogens is 248 g/mol. The molecule has 0 aliphatic rings. The zero-order valence-corrected chi connectivity index (χ0v) is 10.9. The number of likely N-dealkylation sites (N-methyl/N-ethyl adjacent to an activating group) is 1. The molecule has 2 aromatic heterocycles. The van der Waals surface area contributed by atoms with Crippen molar-refractivity contribution in [1.82, 2.24) is 9.88 Å². The maximum Gasteiger partial charge on any atom is 0.326 e. The average molecular weight is 262 g/mol. The Bertz CT molecular complexity index is 647. The number of fused-ring (bicyclic) bond motifs is 1. The monoisotopic (exact) mass is 262 g/mol. The van der Waals surface area contributed by atoms with Gasteiger partial charge in [0.1, 0.15) is 11.6 Å². The first kappa shape index (κ1) is 13.1. The molecule has 0 fully saturated rings. The van der Waals surface area contributed by atoms with Crippen LogP contribution in [0.4, 0.5) is 0 Å². The van der Waals surface area contributed by atoms with E-state index in [-0.39, 0.29) is 5.76 Å². The fraction of sp³-hybridized carbons (Fsp3) is 0.308. The Morgan fingerprint density at radius 2 is 2.11 bits per heavy atom. The molecule has 2 aromatic rings. The van der Waals surface area contributed by atoms with Gasteiger partial charge in [0.25, 0.3) is 5.91 Å². The topological polar surface area (TPSA) is 83.6 Å². The summed E-state index contributed by atoms with van der Waals surface area (Å²) in [5.74, 6) is -1.46. The van der Waals surface area contributed by atoms with Gasteiger partial charge in [-0.05, 0) is 26.0 Å². The summed E-state index contributed by atoms with van der Waals surface area (Å²) in [7, 11) is 1.42. The number of rotatable bonds is 3. The Kier molecular flexibility index (Phi) is 3.25. The second kappa shape index (κ2) is 4.72. The molecule has 1 unspecified atom stereocenters. The summed E-state index contributed by atoms with van der Waals surface area (Å²) < 4.78 is 5.39. The number of carboxylic acids is 1. The van der Waals surface area contributed by atoms with Crippen LogP contribution in [0.1, 0.15) is 23.2 Å². The summed E-state index contributed by atoms with van der Waals surface area (Å²) in [5, 5.41) is 8.89. The predicted octanol–water partition coefficient (Wildman–Crippen LogP) is 1.68. The van der Waals surface area contributed by atoms with Gasteiger partial charge in [0, 0.05) is 18.8 Å². The van der Waals surface area contributed by atoms with Crippen molar-refractivity contribution < 1.29 is 19.1 Å². The summed E-state index contributed by atoms with van der Waals surface area (Å²) in [6.45, 7) is 3.28. The second-order valence-electron chi connectivity index (χ2n) is 4.38. The molecule has 100 valence electrons. The standard InChI is InChI=1S/C13H14N2O4/c1-7-4-5-10-9(14-7)6-11(19-10)12(16)15(3)8(2)13(17)18/h4-6,8H,1-3H3,(H,17,18). The zero-order valence-electron chi connectivity index (χ0n) is 10.9. The fourth-order valence-electron chi connectivity index (χ4n) is 1.65. The normalized spacial score (nSPS) is 12.4. The largest absolute Gasteiger partial charge is 0.480 e. The Balaban J connectivity index is 2.33. The molecule has 19 heavy (non-hydrogen) atoms. The first-order valence-electron chi connectivity index (χ1n) is 5.77. The molecular formula is C13H14N2O4. The number of nitrogens with zero attached hydrogens (tertiary/aromatic N) is 2. The highest BCUT2D eigenvalue weighted by Gasteiger charge is 2.25. The van der Waals surface area contributed by atoms with E-state index < -0.39 is 17.9 Å². The van der Waals surface area contributed by atoms with Crippen LogP contribution in [-0.2, 0) is 4.79 Å². The number of amides is 1. The van der Waals surface area contributed by atoms with Crippen LogP contribution < -0.4 is 0 Å². The van der Waals surface area contributed by atoms with Crippen molar-refractivity contribution in [3.05, 3.63) is 29.7 Å². The molecule has 0 aromatic carbocycles. The van der Waals surface area contributed by atoms with Gasteiger partial charge in [-0.1, -0.05) is 0 Å². The lowest BCUT2D eigenvalue weighted by atomic mass is 10.2. The maximum atomic E-state index is 12.1. The molecule has 0 radical (unpaired) electrons. The second-order valence-corrected chi connectivity index (χ2v) is 4.38. The van der Waals surface area contributed by atoms with E-state index in [9.17, 15) is 9.59 Å². The van der Waals surface area contributed by atoms with Crippen molar-refractivity contribution in [2.75, 3.05) is 7.05 Å². The van der Waals surface area contributed by atoms with Crippen LogP contribution in [0.25, 0.3) is 11.1 Å². The Morgan fingerprint density at radius 1 is 1.42 bits per heavy atom. The lowest BCUT2D eigenvalue weighted by Crippen LogP contribution is -2.40. The van der Waals surface area contributed by atoms with E-state index in [1.165, 1.54) is 20.0 Å². The quantitative estimate of drug-likeness (QED) is 0.909. The SMILES string of the molecule is Cc1ccc2oc(C(=O)N(C)C(C)C(=O)O)cc2n1. The molecule has 1 amide bonds. The number of aryl methyl sites for hydroxylation is 1. The van der Waals surface area contributed by atoms with Gasteiger partial charge in [0.2, 0.25) is 0 Å². The number of pyridine rings is 1. The van der Waals surface area contributed by atoms with Crippen LogP contribution in [0.2, 0.25) is 0 Å². The number of carboxylic acid groups (broad SMARTS) is 1. The van der Waals surface area contributed by atoms with E-state index in [0.717, 1.165) is 10.6 Å². The first-order valence-corrected chi connectivity index (χ1v) is 5.77. The number of furan rings is 1. The fourth-order valence-corrected chi connectivity index (χ4v) is 1.65.